The fraction of sp³-hybridized carbons (Fsp3) is 0.647. The van der Waals surface area contributed by atoms with Crippen molar-refractivity contribution in [3.05, 3.63) is 29.3 Å². The van der Waals surface area contributed by atoms with Gasteiger partial charge in [0.1, 0.15) is 25.0 Å². The number of piperidine rings is 1. The fourth-order valence-electron chi connectivity index (χ4n) is 3.07. The van der Waals surface area contributed by atoms with Crippen LogP contribution < -0.4 is 9.64 Å². The molecule has 0 aromatic heterocycles. The predicted molar refractivity (Wildman–Crippen MR) is 81.4 cm³/mol. The number of nitrogens with one attached hydrogen (secondary N) is 1. The second kappa shape index (κ2) is 7.09. The summed E-state index contributed by atoms with van der Waals surface area (Å²) in [4.78, 5) is 1.52. The number of rotatable bonds is 5. The van der Waals surface area contributed by atoms with E-state index in [1.807, 2.05) is 19.1 Å². The van der Waals surface area contributed by atoms with Crippen molar-refractivity contribution in [1.82, 2.24) is 0 Å². The maximum atomic E-state index is 10.2. The lowest BCUT2D eigenvalue weighted by Crippen LogP contribution is -3.17. The van der Waals surface area contributed by atoms with Crippen molar-refractivity contribution >= 4 is 0 Å². The minimum atomic E-state index is -0.383. The van der Waals surface area contributed by atoms with E-state index in [9.17, 15) is 5.11 Å². The van der Waals surface area contributed by atoms with Gasteiger partial charge in [-0.3, -0.25) is 0 Å². The maximum Gasteiger partial charge on any atom is 0.137 e. The Bertz CT molecular complexity index is 433. The van der Waals surface area contributed by atoms with Crippen molar-refractivity contribution < 1.29 is 14.7 Å². The molecule has 2 rings (SSSR count). The molecule has 0 saturated carbocycles. The van der Waals surface area contributed by atoms with E-state index in [0.29, 0.717) is 12.6 Å². The number of ether oxygens (including phenoxy) is 1. The summed E-state index contributed by atoms with van der Waals surface area (Å²) in [5.41, 5.74) is 2.37. The third-order valence-corrected chi connectivity index (χ3v) is 4.34. The number of hydrogen-bond acceptors (Lipinski definition) is 2. The Morgan fingerprint density at radius 2 is 2.15 bits per heavy atom. The van der Waals surface area contributed by atoms with E-state index in [2.05, 4.69) is 19.9 Å². The first-order valence-corrected chi connectivity index (χ1v) is 7.79. The predicted octanol–water partition coefficient (Wildman–Crippen LogP) is 1.50. The van der Waals surface area contributed by atoms with Crippen molar-refractivity contribution in [2.45, 2.75) is 52.2 Å². The molecular formula is C17H28NO2+. The molecule has 2 N–H and O–H groups in total. The molecule has 1 aromatic rings. The SMILES string of the molecule is Cc1ccc(OC[C@H](O)C[NH+]2CCCC[C@H]2C)c(C)c1. The van der Waals surface area contributed by atoms with Gasteiger partial charge in [-0.05, 0) is 51.7 Å². The van der Waals surface area contributed by atoms with Crippen molar-refractivity contribution in [2.24, 2.45) is 0 Å². The number of benzene rings is 1. The molecule has 3 nitrogen and oxygen atoms in total. The van der Waals surface area contributed by atoms with Crippen LogP contribution >= 0.6 is 0 Å². The Kier molecular flexibility index (Phi) is 5.44. The van der Waals surface area contributed by atoms with Gasteiger partial charge in [0.2, 0.25) is 0 Å². The summed E-state index contributed by atoms with van der Waals surface area (Å²) in [7, 11) is 0. The lowest BCUT2D eigenvalue weighted by atomic mass is 10.0. The molecule has 3 heteroatoms. The number of aryl methyl sites for hydroxylation is 2. The average Bonchev–Trinajstić information content (AvgIpc) is 2.40. The summed E-state index contributed by atoms with van der Waals surface area (Å²) in [6.45, 7) is 8.78. The van der Waals surface area contributed by atoms with E-state index in [4.69, 9.17) is 4.74 Å². The zero-order chi connectivity index (χ0) is 14.5. The topological polar surface area (TPSA) is 33.9 Å². The van der Waals surface area contributed by atoms with Crippen molar-refractivity contribution in [3.63, 3.8) is 0 Å². The Balaban J connectivity index is 1.81. The molecule has 1 aliphatic rings. The van der Waals surface area contributed by atoms with Gasteiger partial charge in [0.05, 0.1) is 12.6 Å². The molecule has 112 valence electrons. The standard InChI is InChI=1S/C17H27NO2/c1-13-7-8-17(14(2)10-13)20-12-16(19)11-18-9-5-4-6-15(18)3/h7-8,10,15-16,19H,4-6,9,11-12H2,1-3H3/p+1/t15-,16-/m1/s1. The monoisotopic (exact) mass is 278 g/mol. The minimum absolute atomic E-state index is 0.383. The van der Waals surface area contributed by atoms with E-state index in [1.165, 1.54) is 36.3 Å². The molecule has 0 amide bonds. The van der Waals surface area contributed by atoms with Gasteiger partial charge in [-0.1, -0.05) is 17.7 Å². The van der Waals surface area contributed by atoms with Gasteiger partial charge in [-0.15, -0.1) is 0 Å². The third kappa shape index (κ3) is 4.22. The van der Waals surface area contributed by atoms with Crippen LogP contribution in [0.15, 0.2) is 18.2 Å². The Hall–Kier alpha value is -1.06. The largest absolute Gasteiger partial charge is 0.490 e. The first-order valence-electron chi connectivity index (χ1n) is 7.79. The van der Waals surface area contributed by atoms with Gasteiger partial charge in [0, 0.05) is 0 Å². The van der Waals surface area contributed by atoms with Crippen LogP contribution in [0.4, 0.5) is 0 Å². The molecule has 1 aliphatic heterocycles. The van der Waals surface area contributed by atoms with E-state index >= 15 is 0 Å². The molecule has 0 bridgehead atoms. The second-order valence-electron chi connectivity index (χ2n) is 6.24. The molecular weight excluding hydrogens is 250 g/mol. The van der Waals surface area contributed by atoms with Crippen LogP contribution in [0, 0.1) is 13.8 Å². The summed E-state index contributed by atoms with van der Waals surface area (Å²) in [6, 6.07) is 6.82. The molecule has 1 fully saturated rings. The number of aliphatic hydroxyl groups is 1. The Morgan fingerprint density at radius 1 is 1.35 bits per heavy atom. The minimum Gasteiger partial charge on any atom is -0.490 e. The summed E-state index contributed by atoms with van der Waals surface area (Å²) < 4.78 is 5.77. The van der Waals surface area contributed by atoms with Crippen molar-refractivity contribution in [1.29, 1.82) is 0 Å². The van der Waals surface area contributed by atoms with E-state index < -0.39 is 0 Å². The zero-order valence-electron chi connectivity index (χ0n) is 13.0. The quantitative estimate of drug-likeness (QED) is 0.856. The lowest BCUT2D eigenvalue weighted by Gasteiger charge is -2.31. The van der Waals surface area contributed by atoms with Gasteiger partial charge >= 0.3 is 0 Å². The van der Waals surface area contributed by atoms with Gasteiger partial charge in [0.25, 0.3) is 0 Å². The first-order chi connectivity index (χ1) is 9.56. The van der Waals surface area contributed by atoms with Crippen LogP contribution in [0.25, 0.3) is 0 Å². The number of aliphatic hydroxyl groups excluding tert-OH is 1. The summed E-state index contributed by atoms with van der Waals surface area (Å²) in [6.07, 6.45) is 3.51. The van der Waals surface area contributed by atoms with E-state index in [0.717, 1.165) is 17.9 Å². The molecule has 0 aliphatic carbocycles. The van der Waals surface area contributed by atoms with Crippen molar-refractivity contribution in [2.75, 3.05) is 19.7 Å². The normalized spacial score (nSPS) is 24.4. The lowest BCUT2D eigenvalue weighted by molar-refractivity contribution is -0.931. The molecule has 1 aromatic carbocycles. The molecule has 1 heterocycles. The maximum absolute atomic E-state index is 10.2. The van der Waals surface area contributed by atoms with Crippen LogP contribution in [0.5, 0.6) is 5.75 Å². The summed E-state index contributed by atoms with van der Waals surface area (Å²) in [5.74, 6) is 0.886. The van der Waals surface area contributed by atoms with Crippen LogP contribution in [0.2, 0.25) is 0 Å². The highest BCUT2D eigenvalue weighted by Crippen LogP contribution is 2.18. The summed E-state index contributed by atoms with van der Waals surface area (Å²) >= 11 is 0. The highest BCUT2D eigenvalue weighted by atomic mass is 16.5. The zero-order valence-corrected chi connectivity index (χ0v) is 13.0. The fourth-order valence-corrected chi connectivity index (χ4v) is 3.07. The first kappa shape index (κ1) is 15.3. The number of hydrogen-bond donors (Lipinski definition) is 2. The van der Waals surface area contributed by atoms with E-state index in [1.54, 1.807) is 0 Å². The molecule has 3 atom stereocenters. The highest BCUT2D eigenvalue weighted by Gasteiger charge is 2.24. The molecule has 1 saturated heterocycles. The Morgan fingerprint density at radius 3 is 2.85 bits per heavy atom. The molecule has 0 spiro atoms. The molecule has 0 radical (unpaired) electrons. The number of quaternary nitrogens is 1. The molecule has 20 heavy (non-hydrogen) atoms. The van der Waals surface area contributed by atoms with Crippen LogP contribution in [0.1, 0.15) is 37.3 Å². The van der Waals surface area contributed by atoms with E-state index in [-0.39, 0.29) is 6.10 Å². The summed E-state index contributed by atoms with van der Waals surface area (Å²) in [5, 5.41) is 10.2. The number of likely N-dealkylation sites (tertiary alicyclic amines) is 1. The van der Waals surface area contributed by atoms with Crippen LogP contribution in [-0.2, 0) is 0 Å². The smallest absolute Gasteiger partial charge is 0.137 e. The van der Waals surface area contributed by atoms with Crippen LogP contribution in [0.3, 0.4) is 0 Å². The highest BCUT2D eigenvalue weighted by molar-refractivity contribution is 5.35. The second-order valence-corrected chi connectivity index (χ2v) is 6.24. The van der Waals surface area contributed by atoms with Gasteiger partial charge < -0.3 is 14.7 Å². The third-order valence-electron chi connectivity index (χ3n) is 4.34. The molecule has 1 unspecified atom stereocenters. The average molecular weight is 278 g/mol. The van der Waals surface area contributed by atoms with Gasteiger partial charge in [-0.25, -0.2) is 0 Å². The Labute approximate surface area is 122 Å². The van der Waals surface area contributed by atoms with Crippen LogP contribution in [-0.4, -0.2) is 36.9 Å². The van der Waals surface area contributed by atoms with Gasteiger partial charge in [0.15, 0.2) is 0 Å². The van der Waals surface area contributed by atoms with Gasteiger partial charge in [-0.2, -0.15) is 0 Å². The van der Waals surface area contributed by atoms with Crippen molar-refractivity contribution in [3.8, 4) is 5.75 Å².